The summed E-state index contributed by atoms with van der Waals surface area (Å²) in [4.78, 5) is 11.3. The lowest BCUT2D eigenvalue weighted by molar-refractivity contribution is 0.0695. The zero-order valence-electron chi connectivity index (χ0n) is 12.6. The summed E-state index contributed by atoms with van der Waals surface area (Å²) in [6, 6.07) is 4.83. The van der Waals surface area contributed by atoms with Gasteiger partial charge in [0.2, 0.25) is 0 Å². The molecule has 0 atom stereocenters. The smallest absolute Gasteiger partial charge is 0.336 e. The number of hydrogen-bond acceptors (Lipinski definition) is 6. The van der Waals surface area contributed by atoms with Crippen molar-refractivity contribution in [3.8, 4) is 17.6 Å². The lowest BCUT2D eigenvalue weighted by Crippen LogP contribution is -2.11. The van der Waals surface area contributed by atoms with Gasteiger partial charge in [0.1, 0.15) is 13.2 Å². The molecule has 22 heavy (non-hydrogen) atoms. The first-order valence-electron chi connectivity index (χ1n) is 6.64. The molecule has 0 saturated carbocycles. The van der Waals surface area contributed by atoms with Gasteiger partial charge in [-0.1, -0.05) is 0 Å². The average Bonchev–Trinajstić information content (AvgIpc) is 2.49. The molecule has 7 nitrogen and oxygen atoms in total. The maximum absolute atomic E-state index is 11.3. The summed E-state index contributed by atoms with van der Waals surface area (Å²) in [6.45, 7) is 1.29. The van der Waals surface area contributed by atoms with Crippen LogP contribution in [0.25, 0.3) is 0 Å². The number of ether oxygens (including phenoxy) is 4. The van der Waals surface area contributed by atoms with E-state index in [4.69, 9.17) is 24.2 Å². The number of rotatable bonds is 10. The summed E-state index contributed by atoms with van der Waals surface area (Å²) < 4.78 is 20.8. The minimum atomic E-state index is -1.12. The van der Waals surface area contributed by atoms with E-state index < -0.39 is 5.97 Å². The van der Waals surface area contributed by atoms with Gasteiger partial charge in [0, 0.05) is 14.2 Å². The Morgan fingerprint density at radius 1 is 1.09 bits per heavy atom. The van der Waals surface area contributed by atoms with Crippen LogP contribution in [0.4, 0.5) is 0 Å². The second-order valence-corrected chi connectivity index (χ2v) is 4.28. The first kappa shape index (κ1) is 17.8. The van der Waals surface area contributed by atoms with E-state index in [0.717, 1.165) is 0 Å². The van der Waals surface area contributed by atoms with E-state index in [1.165, 1.54) is 19.2 Å². The van der Waals surface area contributed by atoms with E-state index in [0.29, 0.717) is 30.3 Å². The fourth-order valence-electron chi connectivity index (χ4n) is 1.73. The molecule has 0 amide bonds. The van der Waals surface area contributed by atoms with Crippen LogP contribution >= 0.6 is 0 Å². The van der Waals surface area contributed by atoms with E-state index in [2.05, 4.69) is 0 Å². The maximum Gasteiger partial charge on any atom is 0.336 e. The van der Waals surface area contributed by atoms with Crippen molar-refractivity contribution in [1.82, 2.24) is 0 Å². The van der Waals surface area contributed by atoms with Crippen LogP contribution in [0.3, 0.4) is 0 Å². The van der Waals surface area contributed by atoms with Crippen molar-refractivity contribution in [3.05, 3.63) is 23.3 Å². The van der Waals surface area contributed by atoms with Gasteiger partial charge < -0.3 is 24.1 Å². The van der Waals surface area contributed by atoms with Crippen LogP contribution in [0.15, 0.2) is 12.1 Å². The van der Waals surface area contributed by atoms with Crippen LogP contribution in [-0.4, -0.2) is 51.7 Å². The van der Waals surface area contributed by atoms with E-state index in [1.807, 2.05) is 6.07 Å². The normalized spacial score (nSPS) is 10.0. The van der Waals surface area contributed by atoms with Crippen molar-refractivity contribution in [2.45, 2.75) is 6.42 Å². The van der Waals surface area contributed by atoms with E-state index in [-0.39, 0.29) is 25.2 Å². The van der Waals surface area contributed by atoms with Crippen LogP contribution in [0.5, 0.6) is 11.5 Å². The molecule has 1 aromatic rings. The van der Waals surface area contributed by atoms with Crippen LogP contribution in [0.1, 0.15) is 15.9 Å². The quantitative estimate of drug-likeness (QED) is 0.654. The molecule has 0 heterocycles. The fraction of sp³-hybridized carbons (Fsp3) is 0.467. The fourth-order valence-corrected chi connectivity index (χ4v) is 1.73. The van der Waals surface area contributed by atoms with Crippen molar-refractivity contribution in [3.63, 3.8) is 0 Å². The molecule has 0 aliphatic carbocycles. The molecule has 120 valence electrons. The topological polar surface area (TPSA) is 98.0 Å². The Balaban J connectivity index is 3.09. The second-order valence-electron chi connectivity index (χ2n) is 4.28. The highest BCUT2D eigenvalue weighted by Gasteiger charge is 2.17. The lowest BCUT2D eigenvalue weighted by Gasteiger charge is -2.15. The Bertz CT molecular complexity index is 538. The highest BCUT2D eigenvalue weighted by molar-refractivity contribution is 5.90. The summed E-state index contributed by atoms with van der Waals surface area (Å²) in [7, 11) is 3.09. The first-order chi connectivity index (χ1) is 10.6. The van der Waals surface area contributed by atoms with Crippen LogP contribution < -0.4 is 9.47 Å². The standard InChI is InChI=1S/C15H19NO6/c1-19-5-7-21-13-9-11(3-4-16)12(15(17)18)10-14(13)22-8-6-20-2/h9-10H,3,5-8H2,1-2H3,(H,17,18). The number of methoxy groups -OCH3 is 2. The minimum absolute atomic E-state index is 0.0214. The Morgan fingerprint density at radius 2 is 1.64 bits per heavy atom. The Hall–Kier alpha value is -2.30. The summed E-state index contributed by atoms with van der Waals surface area (Å²) in [6.07, 6.45) is -0.0272. The first-order valence-corrected chi connectivity index (χ1v) is 6.64. The number of benzene rings is 1. The molecule has 0 aliphatic rings. The van der Waals surface area contributed by atoms with Crippen molar-refractivity contribution in [2.75, 3.05) is 40.6 Å². The van der Waals surface area contributed by atoms with Crippen molar-refractivity contribution < 1.29 is 28.8 Å². The number of carboxylic acids is 1. The Kier molecular flexibility index (Phi) is 7.75. The zero-order valence-corrected chi connectivity index (χ0v) is 12.6. The van der Waals surface area contributed by atoms with Gasteiger partial charge in [-0.2, -0.15) is 5.26 Å². The molecule has 0 aromatic heterocycles. The van der Waals surface area contributed by atoms with E-state index in [1.54, 1.807) is 7.11 Å². The number of nitriles is 1. The summed E-state index contributed by atoms with van der Waals surface area (Å²) in [5, 5.41) is 18.1. The summed E-state index contributed by atoms with van der Waals surface area (Å²) in [5.41, 5.74) is 0.398. The largest absolute Gasteiger partial charge is 0.487 e. The van der Waals surface area contributed by atoms with E-state index >= 15 is 0 Å². The molecule has 1 aromatic carbocycles. The number of hydrogen-bond donors (Lipinski definition) is 1. The van der Waals surface area contributed by atoms with Crippen molar-refractivity contribution >= 4 is 5.97 Å². The van der Waals surface area contributed by atoms with Gasteiger partial charge in [0.15, 0.2) is 11.5 Å². The molecular formula is C15H19NO6. The van der Waals surface area contributed by atoms with Crippen LogP contribution in [-0.2, 0) is 15.9 Å². The number of nitrogens with zero attached hydrogens (tertiary/aromatic N) is 1. The Labute approximate surface area is 129 Å². The van der Waals surface area contributed by atoms with Gasteiger partial charge in [0.05, 0.1) is 31.3 Å². The molecule has 1 N–H and O–H groups in total. The van der Waals surface area contributed by atoms with Crippen LogP contribution in [0, 0.1) is 11.3 Å². The maximum atomic E-state index is 11.3. The molecule has 1 rings (SSSR count). The monoisotopic (exact) mass is 309 g/mol. The third kappa shape index (κ3) is 5.24. The lowest BCUT2D eigenvalue weighted by atomic mass is 10.0. The SMILES string of the molecule is COCCOc1cc(CC#N)c(C(=O)O)cc1OCCOC. The molecule has 0 saturated heterocycles. The predicted molar refractivity (Wildman–Crippen MR) is 77.5 cm³/mol. The molecule has 0 unspecified atom stereocenters. The Morgan fingerprint density at radius 3 is 2.09 bits per heavy atom. The van der Waals surface area contributed by atoms with Gasteiger partial charge in [-0.25, -0.2) is 4.79 Å². The second kappa shape index (κ2) is 9.60. The number of aromatic carboxylic acids is 1. The molecular weight excluding hydrogens is 290 g/mol. The highest BCUT2D eigenvalue weighted by atomic mass is 16.5. The highest BCUT2D eigenvalue weighted by Crippen LogP contribution is 2.31. The summed E-state index contributed by atoms with van der Waals surface area (Å²) >= 11 is 0. The van der Waals surface area contributed by atoms with Crippen LogP contribution in [0.2, 0.25) is 0 Å². The van der Waals surface area contributed by atoms with Gasteiger partial charge in [0.25, 0.3) is 0 Å². The number of carbonyl (C=O) groups is 1. The van der Waals surface area contributed by atoms with Gasteiger partial charge >= 0.3 is 5.97 Å². The predicted octanol–water partition coefficient (Wildman–Crippen LogP) is 1.50. The third-order valence-electron chi connectivity index (χ3n) is 2.76. The zero-order chi connectivity index (χ0) is 16.4. The number of carboxylic acid groups (broad SMARTS) is 1. The molecule has 0 bridgehead atoms. The molecule has 0 radical (unpaired) electrons. The summed E-state index contributed by atoms with van der Waals surface area (Å²) in [5.74, 6) is -0.444. The van der Waals surface area contributed by atoms with E-state index in [9.17, 15) is 9.90 Å². The van der Waals surface area contributed by atoms with Gasteiger partial charge in [-0.3, -0.25) is 0 Å². The minimum Gasteiger partial charge on any atom is -0.487 e. The van der Waals surface area contributed by atoms with Crippen molar-refractivity contribution in [2.24, 2.45) is 0 Å². The molecule has 0 fully saturated rings. The van der Waals surface area contributed by atoms with Gasteiger partial charge in [-0.05, 0) is 17.7 Å². The molecule has 0 spiro atoms. The third-order valence-corrected chi connectivity index (χ3v) is 2.76. The molecule has 0 aliphatic heterocycles. The average molecular weight is 309 g/mol. The van der Waals surface area contributed by atoms with Gasteiger partial charge in [-0.15, -0.1) is 0 Å². The molecule has 7 heteroatoms. The van der Waals surface area contributed by atoms with Crippen molar-refractivity contribution in [1.29, 1.82) is 5.26 Å².